The lowest BCUT2D eigenvalue weighted by Crippen LogP contribution is -2.57. The van der Waals surface area contributed by atoms with Gasteiger partial charge in [0.05, 0.1) is 30.2 Å². The molecule has 3 rings (SSSR count). The number of nitrogens with zero attached hydrogens (tertiary/aromatic N) is 2. The molecule has 28 heavy (non-hydrogen) atoms. The molecule has 2 aliphatic rings. The van der Waals surface area contributed by atoms with Crippen molar-refractivity contribution < 1.29 is 14.3 Å². The van der Waals surface area contributed by atoms with E-state index in [-0.39, 0.29) is 29.7 Å². The average Bonchev–Trinajstić information content (AvgIpc) is 3.02. The molecule has 7 heteroatoms. The first-order chi connectivity index (χ1) is 13.5. The van der Waals surface area contributed by atoms with Crippen LogP contribution in [0.4, 0.5) is 5.69 Å². The van der Waals surface area contributed by atoms with E-state index in [1.165, 1.54) is 0 Å². The van der Waals surface area contributed by atoms with E-state index in [0.717, 1.165) is 12.1 Å². The van der Waals surface area contributed by atoms with Gasteiger partial charge < -0.3 is 10.1 Å². The quantitative estimate of drug-likeness (QED) is 0.702. The third kappa shape index (κ3) is 4.71. The van der Waals surface area contributed by atoms with Crippen LogP contribution in [0.25, 0.3) is 0 Å². The van der Waals surface area contributed by atoms with Gasteiger partial charge in [-0.1, -0.05) is 32.0 Å². The van der Waals surface area contributed by atoms with Gasteiger partial charge in [-0.25, -0.2) is 10.4 Å². The van der Waals surface area contributed by atoms with Crippen LogP contribution in [0.2, 0.25) is 0 Å². The Morgan fingerprint density at radius 2 is 2.04 bits per heavy atom. The molecule has 2 amide bonds. The Labute approximate surface area is 167 Å². The molecule has 0 radical (unpaired) electrons. The van der Waals surface area contributed by atoms with Gasteiger partial charge in [-0.2, -0.15) is 0 Å². The Morgan fingerprint density at radius 3 is 2.71 bits per heavy atom. The molecular formula is C21H32N4O3. The van der Waals surface area contributed by atoms with Gasteiger partial charge in [-0.05, 0) is 24.5 Å². The number of piperidine rings is 1. The molecule has 2 heterocycles. The number of fused-ring (bicyclic) bond motifs is 1. The summed E-state index contributed by atoms with van der Waals surface area (Å²) in [6.07, 6.45) is 0.947. The van der Waals surface area contributed by atoms with Crippen molar-refractivity contribution in [3.63, 3.8) is 0 Å². The third-order valence-electron chi connectivity index (χ3n) is 5.58. The molecule has 0 spiro atoms. The van der Waals surface area contributed by atoms with Crippen LogP contribution in [0.1, 0.15) is 20.3 Å². The van der Waals surface area contributed by atoms with Gasteiger partial charge >= 0.3 is 0 Å². The minimum Gasteiger partial charge on any atom is -0.383 e. The van der Waals surface area contributed by atoms with E-state index in [1.807, 2.05) is 30.3 Å². The normalized spacial score (nSPS) is 25.2. The lowest BCUT2D eigenvalue weighted by Gasteiger charge is -2.38. The smallest absolute Gasteiger partial charge is 0.247 e. The second kappa shape index (κ2) is 9.49. The first-order valence-corrected chi connectivity index (χ1v) is 10.2. The largest absolute Gasteiger partial charge is 0.383 e. The van der Waals surface area contributed by atoms with E-state index in [4.69, 9.17) is 4.74 Å². The number of nitrogens with one attached hydrogen (secondary N) is 2. The number of anilines is 1. The molecule has 3 unspecified atom stereocenters. The van der Waals surface area contributed by atoms with Gasteiger partial charge in [0.25, 0.3) is 0 Å². The molecule has 2 saturated heterocycles. The lowest BCUT2D eigenvalue weighted by atomic mass is 9.84. The highest BCUT2D eigenvalue weighted by atomic mass is 16.5. The number of ether oxygens (including phenoxy) is 1. The first-order valence-electron chi connectivity index (χ1n) is 10.2. The molecule has 1 aromatic carbocycles. The fraction of sp³-hybridized carbons (Fsp3) is 0.619. The summed E-state index contributed by atoms with van der Waals surface area (Å²) in [5.74, 6) is 0.0655. The van der Waals surface area contributed by atoms with Crippen molar-refractivity contribution in [1.82, 2.24) is 15.6 Å². The van der Waals surface area contributed by atoms with E-state index in [1.54, 1.807) is 12.1 Å². The van der Waals surface area contributed by atoms with Gasteiger partial charge in [0.2, 0.25) is 11.8 Å². The summed E-state index contributed by atoms with van der Waals surface area (Å²) in [7, 11) is 1.67. The molecule has 2 N–H and O–H groups in total. The lowest BCUT2D eigenvalue weighted by molar-refractivity contribution is -0.130. The molecule has 1 aromatic rings. The molecule has 0 aromatic heterocycles. The standard InChI is InChI=1S/C21H32N4O3/c1-15(2)9-10-22-20(26)17-13-24(11-12-28-3)14-18-19(17)23-25(21(18)27)16-7-5-4-6-8-16/h4-8,15,17-19,23H,9-14H2,1-3H3,(H,22,26). The number of carbonyl (C=O) groups is 2. The number of para-hydroxylation sites is 1. The Morgan fingerprint density at radius 1 is 1.29 bits per heavy atom. The minimum absolute atomic E-state index is 0.0213. The Kier molecular flexibility index (Phi) is 7.04. The average molecular weight is 389 g/mol. The van der Waals surface area contributed by atoms with Crippen molar-refractivity contribution in [1.29, 1.82) is 0 Å². The molecule has 2 fully saturated rings. The van der Waals surface area contributed by atoms with Crippen LogP contribution in [0, 0.1) is 17.8 Å². The van der Waals surface area contributed by atoms with Crippen molar-refractivity contribution in [3.05, 3.63) is 30.3 Å². The number of hydrogen-bond acceptors (Lipinski definition) is 5. The predicted octanol–water partition coefficient (Wildman–Crippen LogP) is 1.26. The number of methoxy groups -OCH3 is 1. The Hall–Kier alpha value is -1.96. The highest BCUT2D eigenvalue weighted by Crippen LogP contribution is 2.31. The van der Waals surface area contributed by atoms with Crippen LogP contribution in [0.5, 0.6) is 0 Å². The third-order valence-corrected chi connectivity index (χ3v) is 5.58. The fourth-order valence-corrected chi connectivity index (χ4v) is 3.97. The molecule has 2 aliphatic heterocycles. The monoisotopic (exact) mass is 388 g/mol. The topological polar surface area (TPSA) is 73.9 Å². The summed E-state index contributed by atoms with van der Waals surface area (Å²) in [5.41, 5.74) is 4.14. The maximum Gasteiger partial charge on any atom is 0.247 e. The second-order valence-corrected chi connectivity index (χ2v) is 8.10. The summed E-state index contributed by atoms with van der Waals surface area (Å²) < 4.78 is 5.21. The Bertz CT molecular complexity index is 667. The number of benzene rings is 1. The van der Waals surface area contributed by atoms with Crippen molar-refractivity contribution in [2.45, 2.75) is 26.3 Å². The molecule has 154 valence electrons. The van der Waals surface area contributed by atoms with Crippen LogP contribution in [-0.2, 0) is 14.3 Å². The number of rotatable bonds is 8. The first kappa shape index (κ1) is 20.8. The van der Waals surface area contributed by atoms with Crippen LogP contribution in [-0.4, -0.2) is 62.7 Å². The van der Waals surface area contributed by atoms with Crippen LogP contribution < -0.4 is 15.8 Å². The summed E-state index contributed by atoms with van der Waals surface area (Å²) in [5, 5.41) is 4.69. The molecule has 7 nitrogen and oxygen atoms in total. The summed E-state index contributed by atoms with van der Waals surface area (Å²) in [4.78, 5) is 28.2. The van der Waals surface area contributed by atoms with Crippen LogP contribution >= 0.6 is 0 Å². The van der Waals surface area contributed by atoms with Crippen molar-refractivity contribution in [3.8, 4) is 0 Å². The number of carbonyl (C=O) groups excluding carboxylic acids is 2. The van der Waals surface area contributed by atoms with Crippen LogP contribution in [0.3, 0.4) is 0 Å². The zero-order valence-electron chi connectivity index (χ0n) is 17.1. The van der Waals surface area contributed by atoms with Gasteiger partial charge in [0, 0.05) is 33.3 Å². The SMILES string of the molecule is COCCN1CC(C(=O)NCCC(C)C)C2NN(c3ccccc3)C(=O)C2C1. The number of hydrogen-bond donors (Lipinski definition) is 2. The van der Waals surface area contributed by atoms with E-state index in [9.17, 15) is 9.59 Å². The van der Waals surface area contributed by atoms with Crippen molar-refractivity contribution >= 4 is 17.5 Å². The number of hydrazine groups is 1. The van der Waals surface area contributed by atoms with E-state index < -0.39 is 0 Å². The minimum atomic E-state index is -0.277. The van der Waals surface area contributed by atoms with E-state index in [2.05, 4.69) is 29.5 Å². The van der Waals surface area contributed by atoms with Gasteiger partial charge in [-0.15, -0.1) is 0 Å². The predicted molar refractivity (Wildman–Crippen MR) is 109 cm³/mol. The second-order valence-electron chi connectivity index (χ2n) is 8.10. The summed E-state index contributed by atoms with van der Waals surface area (Å²) in [6, 6.07) is 9.37. The van der Waals surface area contributed by atoms with E-state index >= 15 is 0 Å². The number of amides is 2. The zero-order chi connectivity index (χ0) is 20.1. The maximum atomic E-state index is 13.1. The zero-order valence-corrected chi connectivity index (χ0v) is 17.1. The van der Waals surface area contributed by atoms with Crippen LogP contribution in [0.15, 0.2) is 30.3 Å². The van der Waals surface area contributed by atoms with Crippen molar-refractivity contribution in [2.75, 3.05) is 44.9 Å². The van der Waals surface area contributed by atoms with E-state index in [0.29, 0.717) is 38.7 Å². The van der Waals surface area contributed by atoms with Crippen molar-refractivity contribution in [2.24, 2.45) is 17.8 Å². The molecule has 0 aliphatic carbocycles. The van der Waals surface area contributed by atoms with Gasteiger partial charge in [0.1, 0.15) is 0 Å². The molecular weight excluding hydrogens is 356 g/mol. The van der Waals surface area contributed by atoms with Gasteiger partial charge in [0.15, 0.2) is 0 Å². The molecule has 0 bridgehead atoms. The maximum absolute atomic E-state index is 13.1. The summed E-state index contributed by atoms with van der Waals surface area (Å²) >= 11 is 0. The molecule has 0 saturated carbocycles. The number of likely N-dealkylation sites (tertiary alicyclic amines) is 1. The molecule has 3 atom stereocenters. The summed E-state index contributed by atoms with van der Waals surface area (Å²) in [6.45, 7) is 7.52. The highest BCUT2D eigenvalue weighted by molar-refractivity contribution is 5.98. The Balaban J connectivity index is 1.75. The highest BCUT2D eigenvalue weighted by Gasteiger charge is 2.50. The fourth-order valence-electron chi connectivity index (χ4n) is 3.97. The van der Waals surface area contributed by atoms with Gasteiger partial charge in [-0.3, -0.25) is 14.5 Å².